The molecule has 9 nitrogen and oxygen atoms in total. The lowest BCUT2D eigenvalue weighted by Gasteiger charge is -2.20. The summed E-state index contributed by atoms with van der Waals surface area (Å²) in [4.78, 5) is 52.3. The second-order valence-electron chi connectivity index (χ2n) is 6.02. The summed E-state index contributed by atoms with van der Waals surface area (Å²) in [5.74, 6) is 0. The molecule has 0 aromatic heterocycles. The normalized spacial score (nSPS) is 9.57. The number of urea groups is 1. The molecule has 0 bridgehead atoms. The molecule has 0 spiro atoms. The molecule has 156 valence electrons. The van der Waals surface area contributed by atoms with Gasteiger partial charge in [0.15, 0.2) is 0 Å². The third-order valence-electron chi connectivity index (χ3n) is 3.79. The fourth-order valence-electron chi connectivity index (χ4n) is 2.35. The van der Waals surface area contributed by atoms with Crippen molar-refractivity contribution in [3.05, 3.63) is 12.7 Å². The van der Waals surface area contributed by atoms with E-state index in [-0.39, 0.29) is 13.2 Å². The maximum atomic E-state index is 12.3. The van der Waals surface area contributed by atoms with Gasteiger partial charge in [-0.15, -0.1) is 0 Å². The zero-order chi connectivity index (χ0) is 20.9. The Labute approximate surface area is 165 Å². The molecule has 0 saturated carbocycles. The van der Waals surface area contributed by atoms with E-state index in [0.29, 0.717) is 26.1 Å². The third kappa shape index (κ3) is 14.4. The monoisotopic (exact) mass is 394 g/mol. The average Bonchev–Trinajstić information content (AvgIpc) is 2.70. The van der Waals surface area contributed by atoms with Crippen molar-refractivity contribution >= 4 is 24.3 Å². The second kappa shape index (κ2) is 19.0. The van der Waals surface area contributed by atoms with Crippen molar-refractivity contribution in [3.63, 3.8) is 0 Å². The highest BCUT2D eigenvalue weighted by Gasteiger charge is 2.21. The summed E-state index contributed by atoms with van der Waals surface area (Å²) in [7, 11) is 0. The van der Waals surface area contributed by atoms with Gasteiger partial charge in [0.2, 0.25) is 12.2 Å². The first-order chi connectivity index (χ1) is 13.7. The van der Waals surface area contributed by atoms with E-state index in [1.54, 1.807) is 0 Å². The molecule has 0 radical (unpaired) electrons. The van der Waals surface area contributed by atoms with Crippen molar-refractivity contribution in [3.8, 4) is 0 Å². The predicted molar refractivity (Wildman–Crippen MR) is 105 cm³/mol. The molecular weight excluding hydrogens is 364 g/mol. The highest BCUT2D eigenvalue weighted by Crippen LogP contribution is 2.05. The summed E-state index contributed by atoms with van der Waals surface area (Å²) in [6.07, 6.45) is 10.1. The van der Waals surface area contributed by atoms with Crippen molar-refractivity contribution in [1.82, 2.24) is 10.2 Å². The molecule has 0 fully saturated rings. The van der Waals surface area contributed by atoms with E-state index in [1.165, 1.54) is 18.2 Å². The van der Waals surface area contributed by atoms with E-state index in [0.717, 1.165) is 49.8 Å². The number of nitrogens with zero attached hydrogens (tertiary/aromatic N) is 3. The minimum Gasteiger partial charge on any atom is -0.445 e. The van der Waals surface area contributed by atoms with Crippen LogP contribution < -0.4 is 5.32 Å². The van der Waals surface area contributed by atoms with Gasteiger partial charge in [-0.05, 0) is 25.7 Å². The molecule has 28 heavy (non-hydrogen) atoms. The van der Waals surface area contributed by atoms with Crippen molar-refractivity contribution in [1.29, 1.82) is 0 Å². The molecule has 0 unspecified atom stereocenters. The molecule has 0 aliphatic carbocycles. The van der Waals surface area contributed by atoms with E-state index in [2.05, 4.69) is 21.9 Å². The number of rotatable bonds is 16. The molecule has 0 aromatic carbocycles. The van der Waals surface area contributed by atoms with Gasteiger partial charge in [0, 0.05) is 13.1 Å². The standard InChI is InChI=1S/C19H30N4O5/c1-2-15-28-19(27)23(14-10-6-5-8-12-21-17-25)18(26)22-13-9-4-3-7-11-20-16-24/h2H,1,3-15H2,(H,22,26). The van der Waals surface area contributed by atoms with Crippen LogP contribution in [0.2, 0.25) is 0 Å². The molecule has 0 aliphatic rings. The van der Waals surface area contributed by atoms with Gasteiger partial charge in [-0.25, -0.2) is 34.1 Å². The van der Waals surface area contributed by atoms with E-state index in [9.17, 15) is 19.2 Å². The van der Waals surface area contributed by atoms with Crippen molar-refractivity contribution in [2.75, 3.05) is 32.8 Å². The summed E-state index contributed by atoms with van der Waals surface area (Å²) in [6, 6.07) is -0.481. The molecule has 3 amide bonds. The van der Waals surface area contributed by atoms with Crippen molar-refractivity contribution in [2.24, 2.45) is 9.98 Å². The number of amides is 3. The van der Waals surface area contributed by atoms with Crippen LogP contribution in [-0.2, 0) is 14.3 Å². The van der Waals surface area contributed by atoms with Crippen molar-refractivity contribution < 1.29 is 23.9 Å². The Kier molecular flexibility index (Phi) is 17.1. The van der Waals surface area contributed by atoms with Crippen LogP contribution in [0.1, 0.15) is 51.4 Å². The first kappa shape index (κ1) is 25.2. The topological polar surface area (TPSA) is 118 Å². The lowest BCUT2D eigenvalue weighted by molar-refractivity contribution is 0.118. The first-order valence-electron chi connectivity index (χ1n) is 9.57. The lowest BCUT2D eigenvalue weighted by atomic mass is 10.2. The summed E-state index contributed by atoms with van der Waals surface area (Å²) in [5.41, 5.74) is 0. The molecule has 0 atom stereocenters. The summed E-state index contributed by atoms with van der Waals surface area (Å²) < 4.78 is 4.98. The van der Waals surface area contributed by atoms with Gasteiger partial charge in [0.25, 0.3) is 0 Å². The van der Waals surface area contributed by atoms with Gasteiger partial charge in [-0.2, -0.15) is 0 Å². The Hall–Kier alpha value is -2.76. The molecule has 0 rings (SSSR count). The fourth-order valence-corrected chi connectivity index (χ4v) is 2.35. The molecule has 0 aliphatic heterocycles. The number of hydrogen-bond acceptors (Lipinski definition) is 7. The van der Waals surface area contributed by atoms with Crippen LogP contribution in [0, 0.1) is 0 Å². The Morgan fingerprint density at radius 1 is 0.929 bits per heavy atom. The summed E-state index contributed by atoms with van der Waals surface area (Å²) in [6.45, 7) is 5.14. The average molecular weight is 394 g/mol. The van der Waals surface area contributed by atoms with E-state index in [4.69, 9.17) is 4.74 Å². The fraction of sp³-hybridized carbons (Fsp3) is 0.684. The van der Waals surface area contributed by atoms with E-state index >= 15 is 0 Å². The maximum Gasteiger partial charge on any atom is 0.418 e. The SMILES string of the molecule is C=CCOC(=O)N(CCCCCCN=C=O)C(=O)NCCCCCCN=C=O. The number of imide groups is 1. The van der Waals surface area contributed by atoms with Crippen LogP contribution in [0.3, 0.4) is 0 Å². The van der Waals surface area contributed by atoms with Crippen LogP contribution in [0.15, 0.2) is 22.6 Å². The third-order valence-corrected chi connectivity index (χ3v) is 3.79. The van der Waals surface area contributed by atoms with Gasteiger partial charge in [0.05, 0.1) is 13.1 Å². The van der Waals surface area contributed by atoms with Crippen LogP contribution in [0.25, 0.3) is 0 Å². The Morgan fingerprint density at radius 3 is 2.07 bits per heavy atom. The number of isocyanates is 2. The van der Waals surface area contributed by atoms with Gasteiger partial charge in [-0.3, -0.25) is 0 Å². The number of ether oxygens (including phenoxy) is 1. The Morgan fingerprint density at radius 2 is 1.50 bits per heavy atom. The first-order valence-corrected chi connectivity index (χ1v) is 9.57. The highest BCUT2D eigenvalue weighted by molar-refractivity contribution is 5.90. The number of unbranched alkanes of at least 4 members (excludes halogenated alkanes) is 6. The second-order valence-corrected chi connectivity index (χ2v) is 6.02. The minimum atomic E-state index is -0.699. The Balaban J connectivity index is 4.20. The Bertz CT molecular complexity index is 555. The summed E-state index contributed by atoms with van der Waals surface area (Å²) >= 11 is 0. The van der Waals surface area contributed by atoms with Crippen LogP contribution >= 0.6 is 0 Å². The van der Waals surface area contributed by atoms with Crippen LogP contribution in [0.5, 0.6) is 0 Å². The lowest BCUT2D eigenvalue weighted by Crippen LogP contribution is -2.45. The van der Waals surface area contributed by atoms with Crippen LogP contribution in [0.4, 0.5) is 9.59 Å². The molecule has 0 aromatic rings. The summed E-state index contributed by atoms with van der Waals surface area (Å²) in [5, 5.41) is 2.73. The smallest absolute Gasteiger partial charge is 0.418 e. The van der Waals surface area contributed by atoms with E-state index in [1.807, 2.05) is 0 Å². The molecule has 0 saturated heterocycles. The largest absolute Gasteiger partial charge is 0.445 e. The quantitative estimate of drug-likeness (QED) is 0.187. The van der Waals surface area contributed by atoms with Gasteiger partial charge in [0.1, 0.15) is 6.61 Å². The van der Waals surface area contributed by atoms with E-state index < -0.39 is 12.1 Å². The number of aliphatic imine (C=N–C) groups is 2. The maximum absolute atomic E-state index is 12.3. The predicted octanol–water partition coefficient (Wildman–Crippen LogP) is 3.11. The zero-order valence-corrected chi connectivity index (χ0v) is 16.4. The molecule has 0 heterocycles. The van der Waals surface area contributed by atoms with Gasteiger partial charge >= 0.3 is 12.1 Å². The van der Waals surface area contributed by atoms with Gasteiger partial charge in [-0.1, -0.05) is 38.3 Å². The minimum absolute atomic E-state index is 0.0373. The number of carbonyl (C=O) groups excluding carboxylic acids is 4. The van der Waals surface area contributed by atoms with Crippen LogP contribution in [-0.4, -0.2) is 62.0 Å². The molecular formula is C19H30N4O5. The van der Waals surface area contributed by atoms with Gasteiger partial charge < -0.3 is 10.1 Å². The van der Waals surface area contributed by atoms with Crippen molar-refractivity contribution in [2.45, 2.75) is 51.4 Å². The number of hydrogen-bond donors (Lipinski definition) is 1. The zero-order valence-electron chi connectivity index (χ0n) is 16.4. The molecule has 1 N–H and O–H groups in total. The number of carbonyl (C=O) groups is 2. The highest BCUT2D eigenvalue weighted by atomic mass is 16.6. The number of nitrogens with one attached hydrogen (secondary N) is 1. The molecule has 9 heteroatoms.